The van der Waals surface area contributed by atoms with Crippen LogP contribution in [0.5, 0.6) is 0 Å². The summed E-state index contributed by atoms with van der Waals surface area (Å²) >= 11 is 1.71. The predicted octanol–water partition coefficient (Wildman–Crippen LogP) is 3.95. The van der Waals surface area contributed by atoms with E-state index in [1.165, 1.54) is 10.4 Å². The Bertz CT molecular complexity index is 1100. The zero-order valence-corrected chi connectivity index (χ0v) is 19.3. The predicted molar refractivity (Wildman–Crippen MR) is 128 cm³/mol. The van der Waals surface area contributed by atoms with Crippen LogP contribution < -0.4 is 5.73 Å². The minimum atomic E-state index is -0.668. The molecule has 7 heteroatoms. The van der Waals surface area contributed by atoms with Crippen LogP contribution >= 0.6 is 11.3 Å². The number of hydrogen-bond donors (Lipinski definition) is 1. The number of hydrogen-bond acceptors (Lipinski definition) is 5. The lowest BCUT2D eigenvalue weighted by Crippen LogP contribution is -2.54. The second-order valence-corrected chi connectivity index (χ2v) is 9.55. The van der Waals surface area contributed by atoms with Crippen LogP contribution in [0.25, 0.3) is 10.4 Å². The van der Waals surface area contributed by atoms with Gasteiger partial charge in [0.1, 0.15) is 5.82 Å². The molecule has 0 spiro atoms. The summed E-state index contributed by atoms with van der Waals surface area (Å²) < 4.78 is 0. The van der Waals surface area contributed by atoms with Gasteiger partial charge in [-0.2, -0.15) is 0 Å². The van der Waals surface area contributed by atoms with E-state index in [0.29, 0.717) is 25.1 Å². The van der Waals surface area contributed by atoms with Gasteiger partial charge in [-0.25, -0.2) is 4.98 Å². The molecular formula is C25H28N4O2S. The first kappa shape index (κ1) is 22.0. The van der Waals surface area contributed by atoms with Gasteiger partial charge >= 0.3 is 0 Å². The van der Waals surface area contributed by atoms with Crippen LogP contribution in [0.2, 0.25) is 0 Å². The van der Waals surface area contributed by atoms with Crippen molar-refractivity contribution in [1.82, 2.24) is 14.8 Å². The molecule has 3 heterocycles. The molecule has 0 unspecified atom stereocenters. The average Bonchev–Trinajstić information content (AvgIpc) is 3.34. The van der Waals surface area contributed by atoms with Crippen LogP contribution in [0.1, 0.15) is 28.8 Å². The normalized spacial score (nSPS) is 18.4. The molecule has 2 aromatic heterocycles. The summed E-state index contributed by atoms with van der Waals surface area (Å²) in [7, 11) is 3.56. The quantitative estimate of drug-likeness (QED) is 0.641. The van der Waals surface area contributed by atoms with Crippen molar-refractivity contribution in [3.63, 3.8) is 0 Å². The van der Waals surface area contributed by atoms with Crippen molar-refractivity contribution < 1.29 is 9.59 Å². The van der Waals surface area contributed by atoms with Crippen LogP contribution in [-0.2, 0) is 11.2 Å². The number of likely N-dealkylation sites (tertiary alicyclic amines) is 1. The molecule has 2 amide bonds. The lowest BCUT2D eigenvalue weighted by Gasteiger charge is -2.43. The van der Waals surface area contributed by atoms with Crippen molar-refractivity contribution >= 4 is 29.0 Å². The number of nitrogens with two attached hydrogens (primary N) is 1. The van der Waals surface area contributed by atoms with Crippen LogP contribution in [0.15, 0.2) is 60.1 Å². The van der Waals surface area contributed by atoms with E-state index in [4.69, 9.17) is 5.73 Å². The molecule has 1 aliphatic heterocycles. The van der Waals surface area contributed by atoms with E-state index in [2.05, 4.69) is 40.7 Å². The Labute approximate surface area is 192 Å². The van der Waals surface area contributed by atoms with Crippen molar-refractivity contribution in [2.24, 2.45) is 5.41 Å². The van der Waals surface area contributed by atoms with Gasteiger partial charge < -0.3 is 15.5 Å². The number of amides is 2. The molecule has 1 aliphatic rings. The second kappa shape index (κ2) is 9.12. The molecule has 1 saturated heterocycles. The Morgan fingerprint density at radius 1 is 1.16 bits per heavy atom. The summed E-state index contributed by atoms with van der Waals surface area (Å²) in [6.45, 7) is 0.969. The van der Waals surface area contributed by atoms with Crippen LogP contribution in [0.4, 0.5) is 5.82 Å². The third kappa shape index (κ3) is 4.39. The van der Waals surface area contributed by atoms with Gasteiger partial charge in [-0.15, -0.1) is 11.3 Å². The number of nitrogens with zero attached hydrogens (tertiary/aromatic N) is 3. The van der Waals surface area contributed by atoms with Gasteiger partial charge in [0, 0.05) is 38.3 Å². The maximum absolute atomic E-state index is 13.4. The molecule has 2 N–H and O–H groups in total. The SMILES string of the molecule is CN(C)C(=O)[C@]1(Cc2ccc(-c3cccs3)cc2)CCCN(C(=O)c2cccnc2N)C1. The standard InChI is InChI=1S/C25H28N4O2S/c1-28(2)24(31)25(16-18-8-10-19(11-9-18)21-7-4-15-32-21)12-5-14-29(17-25)23(30)20-6-3-13-27-22(20)26/h3-4,6-11,13,15H,5,12,14,16-17H2,1-2H3,(H2,26,27)/t25-/m0/s1. The fourth-order valence-electron chi connectivity index (χ4n) is 4.56. The first-order valence-electron chi connectivity index (χ1n) is 10.7. The third-order valence-corrected chi connectivity index (χ3v) is 7.01. The van der Waals surface area contributed by atoms with Crippen molar-refractivity contribution in [3.8, 4) is 10.4 Å². The molecule has 1 atom stereocenters. The molecule has 6 nitrogen and oxygen atoms in total. The van der Waals surface area contributed by atoms with E-state index in [9.17, 15) is 9.59 Å². The fourth-order valence-corrected chi connectivity index (χ4v) is 5.30. The van der Waals surface area contributed by atoms with Crippen LogP contribution in [0, 0.1) is 5.41 Å². The Balaban J connectivity index is 1.61. The van der Waals surface area contributed by atoms with Crippen molar-refractivity contribution in [2.45, 2.75) is 19.3 Å². The molecule has 0 bridgehead atoms. The number of pyridine rings is 1. The van der Waals surface area contributed by atoms with Gasteiger partial charge in [-0.05, 0) is 54.0 Å². The van der Waals surface area contributed by atoms with Gasteiger partial charge in [0.15, 0.2) is 0 Å². The highest BCUT2D eigenvalue weighted by atomic mass is 32.1. The van der Waals surface area contributed by atoms with Crippen LogP contribution in [-0.4, -0.2) is 53.8 Å². The van der Waals surface area contributed by atoms with Crippen molar-refractivity contribution in [3.05, 3.63) is 71.2 Å². The lowest BCUT2D eigenvalue weighted by molar-refractivity contribution is -0.142. The summed E-state index contributed by atoms with van der Waals surface area (Å²) in [6, 6.07) is 16.0. The molecule has 0 saturated carbocycles. The Morgan fingerprint density at radius 3 is 2.59 bits per heavy atom. The van der Waals surface area contributed by atoms with E-state index in [-0.39, 0.29) is 17.6 Å². The number of benzene rings is 1. The molecule has 0 radical (unpaired) electrons. The van der Waals surface area contributed by atoms with Crippen molar-refractivity contribution in [1.29, 1.82) is 0 Å². The Hall–Kier alpha value is -3.19. The molecular weight excluding hydrogens is 420 g/mol. The van der Waals surface area contributed by atoms with Gasteiger partial charge in [0.05, 0.1) is 11.0 Å². The van der Waals surface area contributed by atoms with E-state index >= 15 is 0 Å². The number of nitrogen functional groups attached to an aromatic ring is 1. The van der Waals surface area contributed by atoms with Gasteiger partial charge in [0.2, 0.25) is 5.91 Å². The molecule has 0 aliphatic carbocycles. The molecule has 166 valence electrons. The number of carbonyl (C=O) groups is 2. The number of rotatable bonds is 5. The Morgan fingerprint density at radius 2 is 1.94 bits per heavy atom. The molecule has 1 fully saturated rings. The lowest BCUT2D eigenvalue weighted by atomic mass is 9.73. The zero-order valence-electron chi connectivity index (χ0n) is 18.5. The molecule has 32 heavy (non-hydrogen) atoms. The molecule has 1 aromatic carbocycles. The summed E-state index contributed by atoms with van der Waals surface area (Å²) in [6.07, 6.45) is 3.66. The highest BCUT2D eigenvalue weighted by Gasteiger charge is 2.44. The second-order valence-electron chi connectivity index (χ2n) is 8.60. The minimum absolute atomic E-state index is 0.0523. The molecule has 3 aromatic rings. The van der Waals surface area contributed by atoms with Gasteiger partial charge in [-0.1, -0.05) is 30.3 Å². The van der Waals surface area contributed by atoms with Gasteiger partial charge in [0.25, 0.3) is 5.91 Å². The highest BCUT2D eigenvalue weighted by Crippen LogP contribution is 2.37. The van der Waals surface area contributed by atoms with E-state index in [0.717, 1.165) is 18.4 Å². The smallest absolute Gasteiger partial charge is 0.257 e. The van der Waals surface area contributed by atoms with E-state index in [1.807, 2.05) is 6.07 Å². The maximum atomic E-state index is 13.4. The number of aromatic nitrogens is 1. The minimum Gasteiger partial charge on any atom is -0.383 e. The highest BCUT2D eigenvalue weighted by molar-refractivity contribution is 7.13. The van der Waals surface area contributed by atoms with E-state index in [1.54, 1.807) is 53.6 Å². The van der Waals surface area contributed by atoms with Crippen LogP contribution in [0.3, 0.4) is 0 Å². The number of piperidine rings is 1. The summed E-state index contributed by atoms with van der Waals surface area (Å²) in [5, 5.41) is 2.07. The average molecular weight is 449 g/mol. The maximum Gasteiger partial charge on any atom is 0.257 e. The number of thiophene rings is 1. The first-order valence-corrected chi connectivity index (χ1v) is 11.6. The van der Waals surface area contributed by atoms with E-state index < -0.39 is 5.41 Å². The molecule has 4 rings (SSSR count). The largest absolute Gasteiger partial charge is 0.383 e. The number of carbonyl (C=O) groups excluding carboxylic acids is 2. The topological polar surface area (TPSA) is 79.5 Å². The zero-order chi connectivity index (χ0) is 22.7. The summed E-state index contributed by atoms with van der Waals surface area (Å²) in [4.78, 5) is 35.3. The van der Waals surface area contributed by atoms with Crippen molar-refractivity contribution in [2.75, 3.05) is 32.9 Å². The third-order valence-electron chi connectivity index (χ3n) is 6.10. The first-order chi connectivity index (χ1) is 15.4. The summed E-state index contributed by atoms with van der Waals surface area (Å²) in [5.41, 5.74) is 7.93. The summed E-state index contributed by atoms with van der Waals surface area (Å²) in [5.74, 6) is 0.104. The fraction of sp³-hybridized carbons (Fsp3) is 0.320. The Kier molecular flexibility index (Phi) is 6.28. The monoisotopic (exact) mass is 448 g/mol. The number of anilines is 1. The van der Waals surface area contributed by atoms with Gasteiger partial charge in [-0.3, -0.25) is 9.59 Å².